The molecule has 17 heavy (non-hydrogen) atoms. The van der Waals surface area contributed by atoms with Crippen molar-refractivity contribution < 1.29 is 9.90 Å². The van der Waals surface area contributed by atoms with Crippen molar-refractivity contribution in [3.05, 3.63) is 34.3 Å². The molecule has 0 aliphatic carbocycles. The van der Waals surface area contributed by atoms with Gasteiger partial charge in [0, 0.05) is 11.0 Å². The molecule has 0 aromatic heterocycles. The lowest BCUT2D eigenvalue weighted by molar-refractivity contribution is 0.0919. The molecule has 1 atom stereocenters. The number of halogens is 1. The van der Waals surface area contributed by atoms with E-state index in [1.807, 2.05) is 32.0 Å². The van der Waals surface area contributed by atoms with Crippen molar-refractivity contribution >= 4 is 21.8 Å². The molecular formula is C13H18BrNO2. The second-order valence-corrected chi connectivity index (χ2v) is 5.19. The number of nitrogens with one attached hydrogen (secondary N) is 1. The van der Waals surface area contributed by atoms with Crippen LogP contribution >= 0.6 is 15.9 Å². The highest BCUT2D eigenvalue weighted by Crippen LogP contribution is 2.15. The number of hydrogen-bond acceptors (Lipinski definition) is 2. The van der Waals surface area contributed by atoms with E-state index in [9.17, 15) is 9.90 Å². The Morgan fingerprint density at radius 1 is 1.41 bits per heavy atom. The molecule has 0 bridgehead atoms. The first-order valence-corrected chi connectivity index (χ1v) is 6.52. The average Bonchev–Trinajstić information content (AvgIpc) is 2.29. The number of amides is 1. The Morgan fingerprint density at radius 2 is 2.06 bits per heavy atom. The molecule has 0 spiro atoms. The predicted molar refractivity (Wildman–Crippen MR) is 71.9 cm³/mol. The van der Waals surface area contributed by atoms with Crippen LogP contribution in [0.5, 0.6) is 0 Å². The van der Waals surface area contributed by atoms with Gasteiger partial charge in [-0.05, 0) is 40.4 Å². The smallest absolute Gasteiger partial charge is 0.252 e. The Bertz CT molecular complexity index is 379. The van der Waals surface area contributed by atoms with Crippen molar-refractivity contribution in [1.29, 1.82) is 0 Å². The SMILES string of the molecule is CC(C)C(O)CCNC(=O)c1ccccc1Br. The highest BCUT2D eigenvalue weighted by molar-refractivity contribution is 9.10. The first-order valence-electron chi connectivity index (χ1n) is 5.73. The Morgan fingerprint density at radius 3 is 2.65 bits per heavy atom. The maximum absolute atomic E-state index is 11.8. The fraction of sp³-hybridized carbons (Fsp3) is 0.462. The average molecular weight is 300 g/mol. The van der Waals surface area contributed by atoms with Crippen LogP contribution in [0.3, 0.4) is 0 Å². The van der Waals surface area contributed by atoms with Gasteiger partial charge in [-0.25, -0.2) is 0 Å². The number of aliphatic hydroxyl groups excluding tert-OH is 1. The minimum absolute atomic E-state index is 0.117. The van der Waals surface area contributed by atoms with E-state index in [4.69, 9.17) is 0 Å². The first-order chi connectivity index (χ1) is 8.02. The van der Waals surface area contributed by atoms with E-state index in [-0.39, 0.29) is 17.9 Å². The summed E-state index contributed by atoms with van der Waals surface area (Å²) in [5.74, 6) is 0.101. The first kappa shape index (κ1) is 14.2. The van der Waals surface area contributed by atoms with Gasteiger partial charge in [-0.15, -0.1) is 0 Å². The number of rotatable bonds is 5. The molecule has 0 saturated carbocycles. The normalized spacial score (nSPS) is 12.5. The summed E-state index contributed by atoms with van der Waals surface area (Å²) in [6.45, 7) is 4.40. The van der Waals surface area contributed by atoms with Gasteiger partial charge in [-0.2, -0.15) is 0 Å². The topological polar surface area (TPSA) is 49.3 Å². The third-order valence-corrected chi connectivity index (χ3v) is 3.31. The van der Waals surface area contributed by atoms with Crippen molar-refractivity contribution in [1.82, 2.24) is 5.32 Å². The van der Waals surface area contributed by atoms with Crippen LogP contribution in [0.25, 0.3) is 0 Å². The van der Waals surface area contributed by atoms with E-state index in [1.54, 1.807) is 6.07 Å². The van der Waals surface area contributed by atoms with Crippen LogP contribution in [-0.2, 0) is 0 Å². The summed E-state index contributed by atoms with van der Waals surface area (Å²) in [5, 5.41) is 12.4. The molecule has 2 N–H and O–H groups in total. The van der Waals surface area contributed by atoms with Crippen LogP contribution in [0.1, 0.15) is 30.6 Å². The van der Waals surface area contributed by atoms with Gasteiger partial charge in [0.2, 0.25) is 0 Å². The Hall–Kier alpha value is -0.870. The molecule has 0 fully saturated rings. The number of aliphatic hydroxyl groups is 1. The molecule has 0 aliphatic rings. The lowest BCUT2D eigenvalue weighted by Gasteiger charge is -2.14. The predicted octanol–water partition coefficient (Wildman–Crippen LogP) is 2.59. The zero-order valence-corrected chi connectivity index (χ0v) is 11.7. The monoisotopic (exact) mass is 299 g/mol. The third-order valence-electron chi connectivity index (χ3n) is 2.61. The van der Waals surface area contributed by atoms with Crippen LogP contribution in [0.2, 0.25) is 0 Å². The van der Waals surface area contributed by atoms with Gasteiger partial charge in [-0.1, -0.05) is 26.0 Å². The summed E-state index contributed by atoms with van der Waals surface area (Å²) in [6, 6.07) is 7.28. The Labute approximate surface area is 110 Å². The maximum Gasteiger partial charge on any atom is 0.252 e. The lowest BCUT2D eigenvalue weighted by Crippen LogP contribution is -2.28. The summed E-state index contributed by atoms with van der Waals surface area (Å²) >= 11 is 3.33. The fourth-order valence-electron chi connectivity index (χ4n) is 1.41. The zero-order valence-electron chi connectivity index (χ0n) is 10.1. The molecule has 1 aromatic rings. The molecule has 3 nitrogen and oxygen atoms in total. The van der Waals surface area contributed by atoms with E-state index < -0.39 is 0 Å². The zero-order chi connectivity index (χ0) is 12.8. The number of benzene rings is 1. The molecular weight excluding hydrogens is 282 g/mol. The Kier molecular flexibility index (Phi) is 5.65. The standard InChI is InChI=1S/C13H18BrNO2/c1-9(2)12(16)7-8-15-13(17)10-5-3-4-6-11(10)14/h3-6,9,12,16H,7-8H2,1-2H3,(H,15,17). The van der Waals surface area contributed by atoms with Crippen LogP contribution in [0.15, 0.2) is 28.7 Å². The molecule has 0 saturated heterocycles. The molecule has 94 valence electrons. The second kappa shape index (κ2) is 6.77. The van der Waals surface area contributed by atoms with E-state index in [1.165, 1.54) is 0 Å². The molecule has 0 radical (unpaired) electrons. The molecule has 4 heteroatoms. The molecule has 1 aromatic carbocycles. The number of carbonyl (C=O) groups is 1. The summed E-state index contributed by atoms with van der Waals surface area (Å²) in [6.07, 6.45) is 0.211. The highest BCUT2D eigenvalue weighted by atomic mass is 79.9. The van der Waals surface area contributed by atoms with Gasteiger partial charge in [0.15, 0.2) is 0 Å². The largest absolute Gasteiger partial charge is 0.393 e. The lowest BCUT2D eigenvalue weighted by atomic mass is 10.0. The second-order valence-electron chi connectivity index (χ2n) is 4.34. The molecule has 1 unspecified atom stereocenters. The van der Waals surface area contributed by atoms with Gasteiger partial charge >= 0.3 is 0 Å². The fourth-order valence-corrected chi connectivity index (χ4v) is 1.87. The van der Waals surface area contributed by atoms with Gasteiger partial charge in [0.25, 0.3) is 5.91 Å². The van der Waals surface area contributed by atoms with Crippen molar-refractivity contribution in [2.24, 2.45) is 5.92 Å². The quantitative estimate of drug-likeness (QED) is 0.878. The van der Waals surface area contributed by atoms with E-state index in [0.717, 1.165) is 4.47 Å². The van der Waals surface area contributed by atoms with Gasteiger partial charge in [-0.3, -0.25) is 4.79 Å². The van der Waals surface area contributed by atoms with E-state index in [0.29, 0.717) is 18.5 Å². The van der Waals surface area contributed by atoms with Crippen LogP contribution in [0, 0.1) is 5.92 Å². The summed E-state index contributed by atoms with van der Waals surface area (Å²) in [5.41, 5.74) is 0.617. The van der Waals surface area contributed by atoms with Crippen LogP contribution in [0.4, 0.5) is 0 Å². The van der Waals surface area contributed by atoms with Crippen molar-refractivity contribution in [3.63, 3.8) is 0 Å². The minimum Gasteiger partial charge on any atom is -0.393 e. The maximum atomic E-state index is 11.8. The van der Waals surface area contributed by atoms with Crippen molar-refractivity contribution in [2.75, 3.05) is 6.54 Å². The summed E-state index contributed by atoms with van der Waals surface area (Å²) < 4.78 is 0.780. The summed E-state index contributed by atoms with van der Waals surface area (Å²) in [7, 11) is 0. The molecule has 1 rings (SSSR count). The van der Waals surface area contributed by atoms with E-state index >= 15 is 0 Å². The van der Waals surface area contributed by atoms with Gasteiger partial charge < -0.3 is 10.4 Å². The number of carbonyl (C=O) groups excluding carboxylic acids is 1. The molecule has 0 heterocycles. The van der Waals surface area contributed by atoms with Gasteiger partial charge in [0.05, 0.1) is 11.7 Å². The molecule has 0 aliphatic heterocycles. The molecule has 1 amide bonds. The number of hydrogen-bond donors (Lipinski definition) is 2. The van der Waals surface area contributed by atoms with Crippen LogP contribution < -0.4 is 5.32 Å². The third kappa shape index (κ3) is 4.48. The highest BCUT2D eigenvalue weighted by Gasteiger charge is 2.11. The van der Waals surface area contributed by atoms with Crippen molar-refractivity contribution in [3.8, 4) is 0 Å². The Balaban J connectivity index is 2.43. The van der Waals surface area contributed by atoms with Crippen LogP contribution in [-0.4, -0.2) is 23.7 Å². The minimum atomic E-state index is -0.366. The van der Waals surface area contributed by atoms with E-state index in [2.05, 4.69) is 21.2 Å². The van der Waals surface area contributed by atoms with Gasteiger partial charge in [0.1, 0.15) is 0 Å². The van der Waals surface area contributed by atoms with Crippen molar-refractivity contribution in [2.45, 2.75) is 26.4 Å². The summed E-state index contributed by atoms with van der Waals surface area (Å²) in [4.78, 5) is 11.8.